The summed E-state index contributed by atoms with van der Waals surface area (Å²) in [7, 11) is 0. The zero-order valence-corrected chi connectivity index (χ0v) is 11.4. The van der Waals surface area contributed by atoms with Gasteiger partial charge in [-0.2, -0.15) is 0 Å². The van der Waals surface area contributed by atoms with Crippen molar-refractivity contribution in [3.63, 3.8) is 0 Å². The standard InChI is InChI=1S/C13H7Cl2NOS/c14-8-5-7(6-9(15)12(8)17)13-16-10-3-1-2-4-11(10)18-13/h1-6,17H. The Morgan fingerprint density at radius 1 is 1.06 bits per heavy atom. The molecule has 0 unspecified atom stereocenters. The molecule has 1 heterocycles. The number of fused-ring (bicyclic) bond motifs is 1. The van der Waals surface area contributed by atoms with Crippen LogP contribution in [0.15, 0.2) is 36.4 Å². The van der Waals surface area contributed by atoms with Crippen molar-refractivity contribution in [3.8, 4) is 16.3 Å². The number of phenols is 1. The third-order valence-electron chi connectivity index (χ3n) is 2.56. The summed E-state index contributed by atoms with van der Waals surface area (Å²) in [4.78, 5) is 4.51. The summed E-state index contributed by atoms with van der Waals surface area (Å²) >= 11 is 13.4. The number of aromatic hydroxyl groups is 1. The molecular formula is C13H7Cl2NOS. The van der Waals surface area contributed by atoms with Gasteiger partial charge in [-0.25, -0.2) is 4.98 Å². The van der Waals surface area contributed by atoms with E-state index in [1.165, 1.54) is 0 Å². The topological polar surface area (TPSA) is 33.1 Å². The van der Waals surface area contributed by atoms with Gasteiger partial charge in [-0.3, -0.25) is 0 Å². The van der Waals surface area contributed by atoms with Crippen LogP contribution in [-0.2, 0) is 0 Å². The number of thiazole rings is 1. The first-order valence-corrected chi connectivity index (χ1v) is 6.76. The van der Waals surface area contributed by atoms with Crippen LogP contribution in [0.4, 0.5) is 0 Å². The second-order valence-electron chi connectivity index (χ2n) is 3.78. The first-order valence-electron chi connectivity index (χ1n) is 5.19. The second kappa shape index (κ2) is 4.43. The molecule has 3 rings (SSSR count). The lowest BCUT2D eigenvalue weighted by Crippen LogP contribution is -1.78. The van der Waals surface area contributed by atoms with E-state index in [0.717, 1.165) is 20.8 Å². The van der Waals surface area contributed by atoms with Crippen molar-refractivity contribution in [1.82, 2.24) is 4.98 Å². The normalized spacial score (nSPS) is 11.0. The van der Waals surface area contributed by atoms with Crippen molar-refractivity contribution in [2.45, 2.75) is 0 Å². The Kier molecular flexibility index (Phi) is 2.90. The zero-order chi connectivity index (χ0) is 12.7. The monoisotopic (exact) mass is 295 g/mol. The van der Waals surface area contributed by atoms with Crippen molar-refractivity contribution >= 4 is 44.8 Å². The number of hydrogen-bond acceptors (Lipinski definition) is 3. The fourth-order valence-electron chi connectivity index (χ4n) is 1.68. The molecule has 0 atom stereocenters. The Bertz CT molecular complexity index is 683. The molecule has 18 heavy (non-hydrogen) atoms. The molecule has 2 nitrogen and oxygen atoms in total. The molecule has 0 aliphatic carbocycles. The van der Waals surface area contributed by atoms with Gasteiger partial charge in [-0.1, -0.05) is 35.3 Å². The highest BCUT2D eigenvalue weighted by molar-refractivity contribution is 7.21. The molecule has 0 aliphatic rings. The lowest BCUT2D eigenvalue weighted by molar-refractivity contribution is 0.476. The summed E-state index contributed by atoms with van der Waals surface area (Å²) in [5.74, 6) is -0.0943. The first-order chi connectivity index (χ1) is 8.65. The number of rotatable bonds is 1. The molecule has 2 aromatic carbocycles. The van der Waals surface area contributed by atoms with Gasteiger partial charge in [0.15, 0.2) is 5.75 Å². The van der Waals surface area contributed by atoms with Crippen LogP contribution in [-0.4, -0.2) is 10.1 Å². The number of halogens is 2. The molecule has 3 aromatic rings. The number of benzene rings is 2. The van der Waals surface area contributed by atoms with Crippen LogP contribution in [0.1, 0.15) is 0 Å². The molecule has 0 radical (unpaired) electrons. The van der Waals surface area contributed by atoms with Crippen LogP contribution < -0.4 is 0 Å². The summed E-state index contributed by atoms with van der Waals surface area (Å²) in [5, 5.41) is 10.8. The van der Waals surface area contributed by atoms with Gasteiger partial charge < -0.3 is 5.11 Å². The van der Waals surface area contributed by atoms with Crippen molar-refractivity contribution in [2.24, 2.45) is 0 Å². The summed E-state index contributed by atoms with van der Waals surface area (Å²) in [6, 6.07) is 11.2. The number of para-hydroxylation sites is 1. The average Bonchev–Trinajstić information content (AvgIpc) is 2.79. The molecule has 1 N–H and O–H groups in total. The maximum Gasteiger partial charge on any atom is 0.152 e. The van der Waals surface area contributed by atoms with E-state index < -0.39 is 0 Å². The van der Waals surface area contributed by atoms with Crippen LogP contribution in [0, 0.1) is 0 Å². The molecule has 90 valence electrons. The van der Waals surface area contributed by atoms with E-state index in [0.29, 0.717) is 0 Å². The Labute approximate surface area is 117 Å². The fourth-order valence-corrected chi connectivity index (χ4v) is 3.12. The van der Waals surface area contributed by atoms with Gasteiger partial charge in [0.25, 0.3) is 0 Å². The Morgan fingerprint density at radius 2 is 1.72 bits per heavy atom. The van der Waals surface area contributed by atoms with Crippen LogP contribution >= 0.6 is 34.5 Å². The average molecular weight is 296 g/mol. The summed E-state index contributed by atoms with van der Waals surface area (Å²) in [6.07, 6.45) is 0. The van der Waals surface area contributed by atoms with Crippen molar-refractivity contribution < 1.29 is 5.11 Å². The highest BCUT2D eigenvalue weighted by atomic mass is 35.5. The van der Waals surface area contributed by atoms with Crippen molar-refractivity contribution in [1.29, 1.82) is 0 Å². The largest absolute Gasteiger partial charge is 0.505 e. The molecule has 0 saturated carbocycles. The predicted molar refractivity (Wildman–Crippen MR) is 76.7 cm³/mol. The van der Waals surface area contributed by atoms with Crippen LogP contribution in [0.5, 0.6) is 5.75 Å². The van der Waals surface area contributed by atoms with Gasteiger partial charge in [-0.15, -0.1) is 11.3 Å². The van der Waals surface area contributed by atoms with Gasteiger partial charge in [0.2, 0.25) is 0 Å². The molecule has 1 aromatic heterocycles. The van der Waals surface area contributed by atoms with Gasteiger partial charge >= 0.3 is 0 Å². The maximum atomic E-state index is 9.54. The molecule has 0 aliphatic heterocycles. The number of hydrogen-bond donors (Lipinski definition) is 1. The summed E-state index contributed by atoms with van der Waals surface area (Å²) in [6.45, 7) is 0. The Morgan fingerprint density at radius 3 is 2.39 bits per heavy atom. The predicted octanol–water partition coefficient (Wildman–Crippen LogP) is 4.98. The van der Waals surface area contributed by atoms with Crippen LogP contribution in [0.25, 0.3) is 20.8 Å². The summed E-state index contributed by atoms with van der Waals surface area (Å²) in [5.41, 5.74) is 1.75. The van der Waals surface area contributed by atoms with Gasteiger partial charge in [-0.05, 0) is 24.3 Å². The van der Waals surface area contributed by atoms with E-state index >= 15 is 0 Å². The highest BCUT2D eigenvalue weighted by Gasteiger charge is 2.11. The Balaban J connectivity index is 2.20. The van der Waals surface area contributed by atoms with Crippen LogP contribution in [0.3, 0.4) is 0 Å². The zero-order valence-electron chi connectivity index (χ0n) is 9.02. The lowest BCUT2D eigenvalue weighted by Gasteiger charge is -2.02. The number of phenolic OH excluding ortho intramolecular Hbond substituents is 1. The van der Waals surface area contributed by atoms with E-state index in [2.05, 4.69) is 4.98 Å². The molecule has 0 saturated heterocycles. The molecule has 0 spiro atoms. The lowest BCUT2D eigenvalue weighted by atomic mass is 10.2. The van der Waals surface area contributed by atoms with Crippen molar-refractivity contribution in [2.75, 3.05) is 0 Å². The molecular weight excluding hydrogens is 289 g/mol. The van der Waals surface area contributed by atoms with E-state index in [9.17, 15) is 5.11 Å². The fraction of sp³-hybridized carbons (Fsp3) is 0. The van der Waals surface area contributed by atoms with Gasteiger partial charge in [0.05, 0.1) is 20.3 Å². The molecule has 0 fully saturated rings. The molecule has 0 bridgehead atoms. The highest BCUT2D eigenvalue weighted by Crippen LogP contribution is 2.38. The number of aromatic nitrogens is 1. The minimum Gasteiger partial charge on any atom is -0.505 e. The molecule has 0 amide bonds. The maximum absolute atomic E-state index is 9.54. The molecule has 5 heteroatoms. The third-order valence-corrected chi connectivity index (χ3v) is 4.22. The van der Waals surface area contributed by atoms with E-state index in [-0.39, 0.29) is 15.8 Å². The van der Waals surface area contributed by atoms with Crippen LogP contribution in [0.2, 0.25) is 10.0 Å². The Hall–Kier alpha value is -1.29. The third kappa shape index (κ3) is 1.94. The quantitative estimate of drug-likeness (QED) is 0.687. The second-order valence-corrected chi connectivity index (χ2v) is 5.62. The van der Waals surface area contributed by atoms with E-state index in [4.69, 9.17) is 23.2 Å². The van der Waals surface area contributed by atoms with Crippen molar-refractivity contribution in [3.05, 3.63) is 46.4 Å². The SMILES string of the molecule is Oc1c(Cl)cc(-c2nc3ccccc3s2)cc1Cl. The van der Waals surface area contributed by atoms with Gasteiger partial charge in [0, 0.05) is 5.56 Å². The minimum absolute atomic E-state index is 0.0943. The van der Waals surface area contributed by atoms with E-state index in [1.807, 2.05) is 24.3 Å². The van der Waals surface area contributed by atoms with E-state index in [1.54, 1.807) is 23.5 Å². The first kappa shape index (κ1) is 11.8. The number of nitrogens with zero attached hydrogens (tertiary/aromatic N) is 1. The summed E-state index contributed by atoms with van der Waals surface area (Å²) < 4.78 is 1.10. The smallest absolute Gasteiger partial charge is 0.152 e. The van der Waals surface area contributed by atoms with Gasteiger partial charge in [0.1, 0.15) is 5.01 Å². The minimum atomic E-state index is -0.0943.